The Kier molecular flexibility index (Phi) is 7.11. The Labute approximate surface area is 241 Å². The molecule has 3 nitrogen and oxygen atoms in total. The Balaban J connectivity index is 1.80. The lowest BCUT2D eigenvalue weighted by Gasteiger charge is -2.47. The quantitative estimate of drug-likeness (QED) is 0.154. The fourth-order valence-corrected chi connectivity index (χ4v) is 5.86. The van der Waals surface area contributed by atoms with Gasteiger partial charge in [-0.05, 0) is 34.4 Å². The van der Waals surface area contributed by atoms with Gasteiger partial charge in [-0.2, -0.15) is 0 Å². The summed E-state index contributed by atoms with van der Waals surface area (Å²) < 4.78 is 7.94. The standard InChI is InChI=1S/C38H32N2O/c39-35-27-15-13-25-33(35)37(29-17-5-1-6-18-29,30-19-7-2-8-20-30)41-38(31-21-9-3-10-22-31,32-23-11-4-12-24-32)34-26-14-16-28-36(34)40/h1-28H,39-40H2. The van der Waals surface area contributed by atoms with Crippen molar-refractivity contribution in [3.8, 4) is 0 Å². The van der Waals surface area contributed by atoms with Crippen LogP contribution in [0.2, 0.25) is 0 Å². The van der Waals surface area contributed by atoms with Gasteiger partial charge < -0.3 is 16.2 Å². The van der Waals surface area contributed by atoms with Crippen LogP contribution in [0.15, 0.2) is 170 Å². The van der Waals surface area contributed by atoms with Crippen molar-refractivity contribution in [2.45, 2.75) is 11.2 Å². The molecule has 0 heterocycles. The molecule has 41 heavy (non-hydrogen) atoms. The highest BCUT2D eigenvalue weighted by Crippen LogP contribution is 2.53. The highest BCUT2D eigenvalue weighted by molar-refractivity contribution is 5.63. The van der Waals surface area contributed by atoms with Crippen LogP contribution < -0.4 is 11.5 Å². The Morgan fingerprint density at radius 2 is 0.561 bits per heavy atom. The minimum Gasteiger partial charge on any atom is -0.398 e. The van der Waals surface area contributed by atoms with Crippen LogP contribution in [0.1, 0.15) is 33.4 Å². The van der Waals surface area contributed by atoms with Crippen molar-refractivity contribution in [3.63, 3.8) is 0 Å². The summed E-state index contributed by atoms with van der Waals surface area (Å²) in [6, 6.07) is 57.2. The molecule has 0 spiro atoms. The molecule has 0 aromatic heterocycles. The lowest BCUT2D eigenvalue weighted by atomic mass is 9.74. The molecule has 0 saturated carbocycles. The molecule has 0 bridgehead atoms. The molecule has 0 saturated heterocycles. The molecular weight excluding hydrogens is 500 g/mol. The number of anilines is 2. The minimum atomic E-state index is -1.12. The maximum atomic E-state index is 7.94. The van der Waals surface area contributed by atoms with E-state index >= 15 is 0 Å². The van der Waals surface area contributed by atoms with Crippen molar-refractivity contribution >= 4 is 11.4 Å². The van der Waals surface area contributed by atoms with E-state index in [1.165, 1.54) is 0 Å². The van der Waals surface area contributed by atoms with Gasteiger partial charge in [0.1, 0.15) is 11.2 Å². The average molecular weight is 533 g/mol. The van der Waals surface area contributed by atoms with Crippen molar-refractivity contribution < 1.29 is 4.74 Å². The maximum Gasteiger partial charge on any atom is 0.147 e. The second-order valence-corrected chi connectivity index (χ2v) is 10.1. The third kappa shape index (κ3) is 4.57. The van der Waals surface area contributed by atoms with Crippen molar-refractivity contribution in [1.82, 2.24) is 0 Å². The van der Waals surface area contributed by atoms with Crippen molar-refractivity contribution in [2.24, 2.45) is 0 Å². The first-order chi connectivity index (χ1) is 20.2. The van der Waals surface area contributed by atoms with E-state index in [0.717, 1.165) is 33.4 Å². The number of para-hydroxylation sites is 2. The van der Waals surface area contributed by atoms with E-state index in [0.29, 0.717) is 11.4 Å². The lowest BCUT2D eigenvalue weighted by molar-refractivity contribution is -0.0802. The maximum absolute atomic E-state index is 7.94. The van der Waals surface area contributed by atoms with Crippen LogP contribution in [0, 0.1) is 0 Å². The number of rotatable bonds is 8. The molecule has 0 radical (unpaired) electrons. The summed E-state index contributed by atoms with van der Waals surface area (Å²) >= 11 is 0. The van der Waals surface area contributed by atoms with E-state index in [2.05, 4.69) is 60.7 Å². The fourth-order valence-electron chi connectivity index (χ4n) is 5.86. The highest BCUT2D eigenvalue weighted by Gasteiger charge is 2.50. The Morgan fingerprint density at radius 3 is 0.829 bits per heavy atom. The zero-order valence-corrected chi connectivity index (χ0v) is 22.7. The molecule has 0 amide bonds. The van der Waals surface area contributed by atoms with Gasteiger partial charge in [0.05, 0.1) is 0 Å². The number of benzene rings is 6. The summed E-state index contributed by atoms with van der Waals surface area (Å²) in [6.07, 6.45) is 0. The van der Waals surface area contributed by atoms with E-state index in [9.17, 15) is 0 Å². The van der Waals surface area contributed by atoms with Gasteiger partial charge in [-0.3, -0.25) is 0 Å². The first kappa shape index (κ1) is 26.1. The van der Waals surface area contributed by atoms with E-state index in [4.69, 9.17) is 16.2 Å². The zero-order chi connectivity index (χ0) is 28.1. The predicted molar refractivity (Wildman–Crippen MR) is 168 cm³/mol. The van der Waals surface area contributed by atoms with Crippen molar-refractivity contribution in [1.29, 1.82) is 0 Å². The third-order valence-corrected chi connectivity index (χ3v) is 7.71. The summed E-state index contributed by atoms with van der Waals surface area (Å²) in [5.74, 6) is 0. The highest BCUT2D eigenvalue weighted by atomic mass is 16.5. The van der Waals surface area contributed by atoms with Crippen molar-refractivity contribution in [2.75, 3.05) is 11.5 Å². The molecule has 0 fully saturated rings. The van der Waals surface area contributed by atoms with Gasteiger partial charge in [-0.1, -0.05) is 158 Å². The monoisotopic (exact) mass is 532 g/mol. The van der Waals surface area contributed by atoms with E-state index in [1.54, 1.807) is 0 Å². The predicted octanol–water partition coefficient (Wildman–Crippen LogP) is 8.15. The summed E-state index contributed by atoms with van der Waals surface area (Å²) in [5.41, 5.74) is 18.2. The topological polar surface area (TPSA) is 61.3 Å². The normalized spacial score (nSPS) is 11.7. The average Bonchev–Trinajstić information content (AvgIpc) is 3.05. The summed E-state index contributed by atoms with van der Waals surface area (Å²) in [5, 5.41) is 0. The Hall–Kier alpha value is -5.12. The number of hydrogen-bond donors (Lipinski definition) is 2. The van der Waals surface area contributed by atoms with Crippen LogP contribution in [-0.2, 0) is 15.9 Å². The van der Waals surface area contributed by atoms with Gasteiger partial charge >= 0.3 is 0 Å². The van der Waals surface area contributed by atoms with Crippen LogP contribution >= 0.6 is 0 Å². The second kappa shape index (κ2) is 11.2. The van der Waals surface area contributed by atoms with Gasteiger partial charge in [-0.15, -0.1) is 0 Å². The summed E-state index contributed by atoms with van der Waals surface area (Å²) in [4.78, 5) is 0. The van der Waals surface area contributed by atoms with Gasteiger partial charge in [-0.25, -0.2) is 0 Å². The molecule has 0 atom stereocenters. The SMILES string of the molecule is Nc1ccccc1C(OC(c1ccccc1)(c1ccccc1)c1ccccc1N)(c1ccccc1)c1ccccc1. The fraction of sp³-hybridized carbons (Fsp3) is 0.0526. The van der Waals surface area contributed by atoms with Gasteiger partial charge in [0.15, 0.2) is 0 Å². The van der Waals surface area contributed by atoms with E-state index in [-0.39, 0.29) is 0 Å². The van der Waals surface area contributed by atoms with Gasteiger partial charge in [0.25, 0.3) is 0 Å². The molecular formula is C38H32N2O. The molecule has 6 rings (SSSR count). The molecule has 0 aliphatic heterocycles. The number of nitrogens with two attached hydrogens (primary N) is 2. The molecule has 0 aliphatic rings. The minimum absolute atomic E-state index is 0.635. The molecule has 200 valence electrons. The first-order valence-electron chi connectivity index (χ1n) is 13.8. The molecule has 0 aliphatic carbocycles. The Morgan fingerprint density at radius 1 is 0.317 bits per heavy atom. The number of nitrogen functional groups attached to an aromatic ring is 2. The first-order valence-corrected chi connectivity index (χ1v) is 13.8. The number of hydrogen-bond acceptors (Lipinski definition) is 3. The molecule has 6 aromatic carbocycles. The van der Waals surface area contributed by atoms with E-state index < -0.39 is 11.2 Å². The number of ether oxygens (including phenoxy) is 1. The third-order valence-electron chi connectivity index (χ3n) is 7.71. The molecule has 4 N–H and O–H groups in total. The van der Waals surface area contributed by atoms with Gasteiger partial charge in [0, 0.05) is 22.5 Å². The van der Waals surface area contributed by atoms with Crippen LogP contribution in [0.5, 0.6) is 0 Å². The molecule has 3 heteroatoms. The lowest BCUT2D eigenvalue weighted by Crippen LogP contribution is -2.45. The van der Waals surface area contributed by atoms with Crippen LogP contribution in [0.4, 0.5) is 11.4 Å². The van der Waals surface area contributed by atoms with Crippen molar-refractivity contribution in [3.05, 3.63) is 203 Å². The van der Waals surface area contributed by atoms with Crippen LogP contribution in [0.25, 0.3) is 0 Å². The second-order valence-electron chi connectivity index (χ2n) is 10.1. The zero-order valence-electron chi connectivity index (χ0n) is 22.7. The smallest absolute Gasteiger partial charge is 0.147 e. The Bertz CT molecular complexity index is 1510. The van der Waals surface area contributed by atoms with Gasteiger partial charge in [0.2, 0.25) is 0 Å². The summed E-state index contributed by atoms with van der Waals surface area (Å²) in [7, 11) is 0. The van der Waals surface area contributed by atoms with Crippen LogP contribution in [-0.4, -0.2) is 0 Å². The largest absolute Gasteiger partial charge is 0.398 e. The van der Waals surface area contributed by atoms with Crippen LogP contribution in [0.3, 0.4) is 0 Å². The van der Waals surface area contributed by atoms with E-state index in [1.807, 2.05) is 109 Å². The summed E-state index contributed by atoms with van der Waals surface area (Å²) in [6.45, 7) is 0. The molecule has 6 aromatic rings. The molecule has 0 unspecified atom stereocenters.